The molecule has 3 rings (SSSR count). The number of nitrogens with zero attached hydrogens (tertiary/aromatic N) is 3. The molecule has 2 heterocycles. The summed E-state index contributed by atoms with van der Waals surface area (Å²) in [4.78, 5) is 16.5. The number of amides is 1. The van der Waals surface area contributed by atoms with E-state index >= 15 is 0 Å². The smallest absolute Gasteiger partial charge is 0.276 e. The number of nitrogens with one attached hydrogen (secondary N) is 1. The normalized spacial score (nSPS) is 10.6. The van der Waals surface area contributed by atoms with Crippen molar-refractivity contribution >= 4 is 45.3 Å². The highest BCUT2D eigenvalue weighted by Crippen LogP contribution is 2.25. The summed E-state index contributed by atoms with van der Waals surface area (Å²) in [6.07, 6.45) is 0.797. The lowest BCUT2D eigenvalue weighted by atomic mass is 10.2. The summed E-state index contributed by atoms with van der Waals surface area (Å²) in [5, 5.41) is 15.1. The third kappa shape index (κ3) is 3.32. The molecule has 0 aliphatic heterocycles. The Hall–Kier alpha value is -1.83. The van der Waals surface area contributed by atoms with Gasteiger partial charge in [0, 0.05) is 16.0 Å². The second-order valence-corrected chi connectivity index (χ2v) is 6.71. The Kier molecular flexibility index (Phi) is 4.47. The van der Waals surface area contributed by atoms with Crippen LogP contribution in [0.4, 0.5) is 5.13 Å². The van der Waals surface area contributed by atoms with E-state index in [-0.39, 0.29) is 5.91 Å². The van der Waals surface area contributed by atoms with E-state index in [1.165, 1.54) is 22.7 Å². The van der Waals surface area contributed by atoms with Crippen molar-refractivity contribution in [3.63, 3.8) is 0 Å². The van der Waals surface area contributed by atoms with E-state index in [9.17, 15) is 4.79 Å². The summed E-state index contributed by atoms with van der Waals surface area (Å²) >= 11 is 8.64. The minimum absolute atomic E-state index is 0.282. The Morgan fingerprint density at radius 2 is 2.05 bits per heavy atom. The maximum absolute atomic E-state index is 12.2. The first-order valence-corrected chi connectivity index (χ1v) is 8.58. The Balaban J connectivity index is 1.75. The van der Waals surface area contributed by atoms with Crippen molar-refractivity contribution in [3.05, 3.63) is 45.4 Å². The van der Waals surface area contributed by atoms with Gasteiger partial charge in [-0.25, -0.2) is 4.98 Å². The van der Waals surface area contributed by atoms with Crippen molar-refractivity contribution < 1.29 is 4.79 Å². The molecule has 0 atom stereocenters. The summed E-state index contributed by atoms with van der Waals surface area (Å²) in [6.45, 7) is 1.99. The monoisotopic (exact) mass is 350 g/mol. The van der Waals surface area contributed by atoms with Crippen molar-refractivity contribution in [1.29, 1.82) is 0 Å². The fourth-order valence-electron chi connectivity index (χ4n) is 1.71. The molecule has 0 saturated heterocycles. The van der Waals surface area contributed by atoms with E-state index in [0.717, 1.165) is 22.0 Å². The van der Waals surface area contributed by atoms with E-state index in [4.69, 9.17) is 11.6 Å². The summed E-state index contributed by atoms with van der Waals surface area (Å²) < 4.78 is 0. The van der Waals surface area contributed by atoms with Gasteiger partial charge in [0.2, 0.25) is 5.13 Å². The first-order chi connectivity index (χ1) is 10.7. The number of rotatable bonds is 4. The lowest BCUT2D eigenvalue weighted by Gasteiger charge is -1.97. The first-order valence-electron chi connectivity index (χ1n) is 6.51. The Morgan fingerprint density at radius 3 is 2.73 bits per heavy atom. The molecular weight excluding hydrogens is 340 g/mol. The van der Waals surface area contributed by atoms with Crippen molar-refractivity contribution in [3.8, 4) is 10.6 Å². The molecule has 0 saturated carbocycles. The predicted molar refractivity (Wildman–Crippen MR) is 89.8 cm³/mol. The second-order valence-electron chi connectivity index (χ2n) is 4.35. The van der Waals surface area contributed by atoms with Gasteiger partial charge in [-0.15, -0.1) is 21.5 Å². The number of halogens is 1. The Labute approximate surface area is 140 Å². The molecule has 0 unspecified atom stereocenters. The summed E-state index contributed by atoms with van der Waals surface area (Å²) in [7, 11) is 0. The van der Waals surface area contributed by atoms with Gasteiger partial charge in [-0.2, -0.15) is 0 Å². The molecule has 8 heteroatoms. The summed E-state index contributed by atoms with van der Waals surface area (Å²) in [5.41, 5.74) is 1.29. The molecular formula is C14H11ClN4OS2. The van der Waals surface area contributed by atoms with Crippen LogP contribution in [0.1, 0.15) is 22.4 Å². The van der Waals surface area contributed by atoms with Crippen molar-refractivity contribution in [1.82, 2.24) is 15.2 Å². The van der Waals surface area contributed by atoms with Gasteiger partial charge in [0.15, 0.2) is 0 Å². The van der Waals surface area contributed by atoms with Crippen LogP contribution in [0.15, 0.2) is 29.6 Å². The molecule has 22 heavy (non-hydrogen) atoms. The van der Waals surface area contributed by atoms with Crippen LogP contribution in [0.2, 0.25) is 5.02 Å². The van der Waals surface area contributed by atoms with Crippen LogP contribution in [0, 0.1) is 0 Å². The topological polar surface area (TPSA) is 67.8 Å². The zero-order chi connectivity index (χ0) is 15.5. The highest BCUT2D eigenvalue weighted by Gasteiger charge is 2.14. The third-order valence-corrected chi connectivity index (χ3v) is 4.94. The van der Waals surface area contributed by atoms with Gasteiger partial charge in [0.05, 0.1) is 0 Å². The minimum atomic E-state index is -0.282. The van der Waals surface area contributed by atoms with E-state index in [2.05, 4.69) is 20.5 Å². The lowest BCUT2D eigenvalue weighted by Crippen LogP contribution is -2.12. The van der Waals surface area contributed by atoms with Crippen LogP contribution in [0.5, 0.6) is 0 Å². The quantitative estimate of drug-likeness (QED) is 0.768. The highest BCUT2D eigenvalue weighted by molar-refractivity contribution is 7.15. The van der Waals surface area contributed by atoms with Gasteiger partial charge in [-0.3, -0.25) is 10.1 Å². The SMILES string of the molecule is CCc1nnc(NC(=O)c2csc(-c3ccc(Cl)cc3)n2)s1. The average Bonchev–Trinajstić information content (AvgIpc) is 3.17. The van der Waals surface area contributed by atoms with Gasteiger partial charge in [0.1, 0.15) is 15.7 Å². The molecule has 5 nitrogen and oxygen atoms in total. The molecule has 0 aliphatic carbocycles. The Morgan fingerprint density at radius 1 is 1.27 bits per heavy atom. The van der Waals surface area contributed by atoms with E-state index < -0.39 is 0 Å². The van der Waals surface area contributed by atoms with Crippen LogP contribution >= 0.6 is 34.3 Å². The van der Waals surface area contributed by atoms with Gasteiger partial charge < -0.3 is 0 Å². The zero-order valence-electron chi connectivity index (χ0n) is 11.5. The second kappa shape index (κ2) is 6.51. The van der Waals surface area contributed by atoms with Gasteiger partial charge in [-0.05, 0) is 18.6 Å². The maximum atomic E-state index is 12.2. The van der Waals surface area contributed by atoms with Crippen molar-refractivity contribution in [2.75, 3.05) is 5.32 Å². The number of aryl methyl sites for hydroxylation is 1. The van der Waals surface area contributed by atoms with Crippen LogP contribution in [-0.4, -0.2) is 21.1 Å². The number of anilines is 1. The molecule has 1 N–H and O–H groups in total. The molecule has 2 aromatic heterocycles. The van der Waals surface area contributed by atoms with E-state index in [0.29, 0.717) is 15.8 Å². The number of benzene rings is 1. The van der Waals surface area contributed by atoms with Crippen LogP contribution in [0.3, 0.4) is 0 Å². The van der Waals surface area contributed by atoms with Crippen LogP contribution < -0.4 is 5.32 Å². The number of carbonyl (C=O) groups excluding carboxylic acids is 1. The molecule has 0 radical (unpaired) electrons. The predicted octanol–water partition coefficient (Wildman–Crippen LogP) is 4.13. The molecule has 3 aromatic rings. The van der Waals surface area contributed by atoms with Crippen LogP contribution in [0.25, 0.3) is 10.6 Å². The molecule has 1 amide bonds. The fourth-order valence-corrected chi connectivity index (χ4v) is 3.32. The lowest BCUT2D eigenvalue weighted by molar-refractivity contribution is 0.102. The van der Waals surface area contributed by atoms with Gasteiger partial charge in [0.25, 0.3) is 5.91 Å². The molecule has 0 fully saturated rings. The number of hydrogen-bond acceptors (Lipinski definition) is 6. The molecule has 1 aromatic carbocycles. The average molecular weight is 351 g/mol. The number of thiazole rings is 1. The van der Waals surface area contributed by atoms with E-state index in [1.807, 2.05) is 19.1 Å². The van der Waals surface area contributed by atoms with Gasteiger partial charge >= 0.3 is 0 Å². The van der Waals surface area contributed by atoms with Gasteiger partial charge in [-0.1, -0.05) is 42.0 Å². The largest absolute Gasteiger partial charge is 0.295 e. The van der Waals surface area contributed by atoms with Crippen molar-refractivity contribution in [2.24, 2.45) is 0 Å². The molecule has 0 spiro atoms. The van der Waals surface area contributed by atoms with Crippen LogP contribution in [-0.2, 0) is 6.42 Å². The number of carbonyl (C=O) groups is 1. The van der Waals surface area contributed by atoms with Crippen molar-refractivity contribution in [2.45, 2.75) is 13.3 Å². The standard InChI is InChI=1S/C14H11ClN4OS2/c1-2-11-18-19-14(22-11)17-12(20)10-7-21-13(16-10)8-3-5-9(15)6-4-8/h3-7H,2H2,1H3,(H,17,19,20). The van der Waals surface area contributed by atoms with E-state index in [1.54, 1.807) is 17.5 Å². The molecule has 0 aliphatic rings. The zero-order valence-corrected chi connectivity index (χ0v) is 13.9. The fraction of sp³-hybridized carbons (Fsp3) is 0.143. The highest BCUT2D eigenvalue weighted by atomic mass is 35.5. The minimum Gasteiger partial charge on any atom is -0.295 e. The summed E-state index contributed by atoms with van der Waals surface area (Å²) in [5.74, 6) is -0.282. The Bertz CT molecular complexity index is 797. The maximum Gasteiger partial charge on any atom is 0.276 e. The number of hydrogen-bond donors (Lipinski definition) is 1. The first kappa shape index (κ1) is 15.1. The number of aromatic nitrogens is 3. The molecule has 0 bridgehead atoms. The third-order valence-electron chi connectivity index (χ3n) is 2.82. The summed E-state index contributed by atoms with van der Waals surface area (Å²) in [6, 6.07) is 7.35. The molecule has 112 valence electrons.